The van der Waals surface area contributed by atoms with Gasteiger partial charge >= 0.3 is 11.9 Å². The fourth-order valence-electron chi connectivity index (χ4n) is 13.7. The molecule has 5 fully saturated rings. The summed E-state index contributed by atoms with van der Waals surface area (Å²) in [6.45, 7) is 18.2. The largest absolute Gasteiger partial charge is 0.460 e. The fourth-order valence-corrected chi connectivity index (χ4v) is 13.7. The number of piperidine rings is 1. The number of ketones is 2. The number of amides is 1. The van der Waals surface area contributed by atoms with Gasteiger partial charge in [0.25, 0.3) is 11.7 Å². The summed E-state index contributed by atoms with van der Waals surface area (Å²) in [5, 5.41) is 35.7. The third kappa shape index (κ3) is 19.1. The number of likely N-dealkylation sites (N-methyl/N-ethyl adjacent to an activating group) is 1. The van der Waals surface area contributed by atoms with Crippen molar-refractivity contribution in [1.29, 1.82) is 0 Å². The van der Waals surface area contributed by atoms with Crippen molar-refractivity contribution in [1.82, 2.24) is 14.7 Å². The van der Waals surface area contributed by atoms with E-state index in [2.05, 4.69) is 16.8 Å². The van der Waals surface area contributed by atoms with Gasteiger partial charge in [0.2, 0.25) is 5.79 Å². The first-order valence-corrected chi connectivity index (χ1v) is 31.5. The Kier molecular flexibility index (Phi) is 27.7. The summed E-state index contributed by atoms with van der Waals surface area (Å²) < 4.78 is 47.7. The van der Waals surface area contributed by atoms with Crippen LogP contribution in [0.1, 0.15) is 145 Å². The molecule has 1 amide bonds. The van der Waals surface area contributed by atoms with E-state index in [0.717, 1.165) is 25.2 Å². The minimum atomic E-state index is -2.45. The Balaban J connectivity index is 1.13. The van der Waals surface area contributed by atoms with Crippen LogP contribution in [0.5, 0.6) is 0 Å². The molecule has 5 aliphatic heterocycles. The molecule has 5 heterocycles. The average molecular weight is 1180 g/mol. The highest BCUT2D eigenvalue weighted by molar-refractivity contribution is 6.39. The van der Waals surface area contributed by atoms with Crippen LogP contribution in [0.2, 0.25) is 0 Å². The van der Waals surface area contributed by atoms with Crippen LogP contribution in [0.25, 0.3) is 0 Å². The third-order valence-electron chi connectivity index (χ3n) is 19.1. The number of nitrogens with zero attached hydrogens (tertiary/aromatic N) is 3. The normalized spacial score (nSPS) is 38.5. The molecule has 0 aromatic rings. The molecule has 0 aromatic carbocycles. The zero-order valence-electron chi connectivity index (χ0n) is 52.5. The van der Waals surface area contributed by atoms with Gasteiger partial charge < -0.3 is 63.0 Å². The molecule has 84 heavy (non-hydrogen) atoms. The summed E-state index contributed by atoms with van der Waals surface area (Å²) >= 11 is 0. The molecular formula is C65H105N3O16. The van der Waals surface area contributed by atoms with E-state index in [9.17, 15) is 39.3 Å². The summed E-state index contributed by atoms with van der Waals surface area (Å²) in [5.74, 6) is -7.91. The van der Waals surface area contributed by atoms with Crippen molar-refractivity contribution in [3.63, 3.8) is 0 Å². The average Bonchev–Trinajstić information content (AvgIpc) is 3.57. The second-order valence-corrected chi connectivity index (χ2v) is 25.6. The summed E-state index contributed by atoms with van der Waals surface area (Å²) in [7, 11) is 6.78. The van der Waals surface area contributed by atoms with E-state index in [0.29, 0.717) is 115 Å². The summed E-state index contributed by atoms with van der Waals surface area (Å²) in [5.41, 5.74) is 1.31. The molecule has 0 radical (unpaired) electrons. The number of ether oxygens (including phenoxy) is 8. The number of aliphatic hydroxyl groups excluding tert-OH is 2. The number of Topliss-reactive ketones (excluding diaryl/α,β-unsaturated/α-hetero) is 2. The van der Waals surface area contributed by atoms with Gasteiger partial charge in [-0.1, -0.05) is 71.1 Å². The van der Waals surface area contributed by atoms with Crippen molar-refractivity contribution < 1.29 is 77.2 Å². The van der Waals surface area contributed by atoms with Crippen LogP contribution in [-0.2, 0) is 61.9 Å². The number of cyclic esters (lactones) is 1. The first kappa shape index (κ1) is 69.4. The van der Waals surface area contributed by atoms with Crippen molar-refractivity contribution in [3.8, 4) is 0 Å². The van der Waals surface area contributed by atoms with Crippen LogP contribution < -0.4 is 0 Å². The lowest BCUT2D eigenvalue weighted by Crippen LogP contribution is -2.61. The van der Waals surface area contributed by atoms with E-state index in [-0.39, 0.29) is 61.4 Å². The smallest absolute Gasteiger partial charge is 0.329 e. The number of fused-ring (bicyclic) bond motifs is 5. The van der Waals surface area contributed by atoms with Gasteiger partial charge in [-0.05, 0) is 127 Å². The Labute approximate surface area is 501 Å². The maximum absolute atomic E-state index is 14.7. The number of esters is 2. The summed E-state index contributed by atoms with van der Waals surface area (Å²) in [4.78, 5) is 76.7. The molecule has 1 aliphatic carbocycles. The number of piperazine rings is 1. The quantitative estimate of drug-likeness (QED) is 0.0594. The van der Waals surface area contributed by atoms with Crippen molar-refractivity contribution in [2.45, 2.75) is 218 Å². The van der Waals surface area contributed by atoms with Gasteiger partial charge in [-0.15, -0.1) is 0 Å². The van der Waals surface area contributed by atoms with Gasteiger partial charge in [0.15, 0.2) is 5.78 Å². The topological polar surface area (TPSA) is 230 Å². The molecule has 1 saturated carbocycles. The molecule has 0 aromatic heterocycles. The Morgan fingerprint density at radius 2 is 1.55 bits per heavy atom. The highest BCUT2D eigenvalue weighted by atomic mass is 16.6. The SMILES string of the molecule is CO[C@H]1C[C@@H]2CC[C@@H](C)[C@@](O)(O2)C(=O)C(=O)N2CCCC[C@H]2C(=O)O[C@H]([C@H](C)C[C@@H]2CC[C@@H](OC(=O)CCCOCCOCCN3C[C@@H]4C[C@H]3CN4C)[C@H](OC)C2)C[C@@H](O)[C@H](C)/C=C(\C)[C@@H](O)[C@@H](OC)C(=O)[C@H](C)C[C@H](C)/C=C/C=C/C=C/1C. The molecule has 6 rings (SSSR count). The molecule has 476 valence electrons. The number of rotatable bonds is 17. The molecule has 0 unspecified atom stereocenters. The van der Waals surface area contributed by atoms with Gasteiger partial charge in [0.05, 0.1) is 44.2 Å². The van der Waals surface area contributed by atoms with Crippen molar-refractivity contribution in [3.05, 3.63) is 47.6 Å². The van der Waals surface area contributed by atoms with Crippen LogP contribution in [0.4, 0.5) is 0 Å². The monoisotopic (exact) mass is 1180 g/mol. The zero-order valence-corrected chi connectivity index (χ0v) is 52.5. The van der Waals surface area contributed by atoms with E-state index < -0.39 is 90.0 Å². The van der Waals surface area contributed by atoms with Gasteiger partial charge in [0.1, 0.15) is 30.5 Å². The van der Waals surface area contributed by atoms with Crippen LogP contribution in [0.3, 0.4) is 0 Å². The predicted octanol–water partition coefficient (Wildman–Crippen LogP) is 6.73. The standard InChI is InChI=1S/C65H105N3O16/c1-41-18-13-12-14-19-42(2)55(77-9)37-51-24-22-47(7)65(76,84-51)62(73)63(74)68-26-16-15-20-52(68)64(75)83-56(38-53(69)43(3)33-46(6)60(72)61(79-11)59(71)45(5)32-41)44(4)34-48-23-25-54(57(35-48)78-10)82-58(70)21-17-28-80-30-31-81-29-27-67-40-49-36-50(67)39-66(49)8/h12-14,18-19,33,41,43-45,47-57,60-61,69,72,76H,15-17,20-32,34-40H2,1-11H3/b14-12+,18-13+,42-19+,46-33+/t41-,43-,44-,45-,47-,48+,49+,50+,51+,52+,53-,54-,55+,56+,57-,60-,61+,65-/m1/s1. The fraction of sp³-hybridized carbons (Fsp3) is 0.800. The van der Waals surface area contributed by atoms with Crippen molar-refractivity contribution in [2.24, 2.45) is 35.5 Å². The molecule has 19 heteroatoms. The van der Waals surface area contributed by atoms with Gasteiger partial charge in [-0.25, -0.2) is 4.79 Å². The Morgan fingerprint density at radius 1 is 0.798 bits per heavy atom. The highest BCUT2D eigenvalue weighted by Crippen LogP contribution is 2.39. The van der Waals surface area contributed by atoms with E-state index in [1.165, 1.54) is 18.4 Å². The number of methoxy groups -OCH3 is 3. The predicted molar refractivity (Wildman–Crippen MR) is 317 cm³/mol. The number of carbonyl (C=O) groups is 5. The molecule has 0 spiro atoms. The number of likely N-dealkylation sites (tertiary alicyclic amines) is 2. The van der Waals surface area contributed by atoms with E-state index in [4.69, 9.17) is 37.9 Å². The molecule has 3 N–H and O–H groups in total. The second-order valence-electron chi connectivity index (χ2n) is 25.6. The van der Waals surface area contributed by atoms with Crippen LogP contribution >= 0.6 is 0 Å². The second kappa shape index (κ2) is 33.6. The first-order chi connectivity index (χ1) is 40.1. The Bertz CT molecular complexity index is 2260. The highest BCUT2D eigenvalue weighted by Gasteiger charge is 2.53. The Morgan fingerprint density at radius 3 is 2.24 bits per heavy atom. The lowest BCUT2D eigenvalue weighted by atomic mass is 9.78. The molecular weight excluding hydrogens is 1080 g/mol. The van der Waals surface area contributed by atoms with Gasteiger partial charge in [0, 0.05) is 103 Å². The number of allylic oxidation sites excluding steroid dienone is 5. The number of hydrogen-bond acceptors (Lipinski definition) is 18. The van der Waals surface area contributed by atoms with E-state index in [1.54, 1.807) is 41.1 Å². The minimum absolute atomic E-state index is 0.0130. The summed E-state index contributed by atoms with van der Waals surface area (Å²) in [6, 6.07) is 0.160. The Hall–Kier alpha value is -3.73. The van der Waals surface area contributed by atoms with Crippen molar-refractivity contribution in [2.75, 3.05) is 81.0 Å². The van der Waals surface area contributed by atoms with Gasteiger partial charge in [-0.2, -0.15) is 0 Å². The molecule has 19 nitrogen and oxygen atoms in total. The number of carbonyl (C=O) groups excluding carboxylic acids is 5. The van der Waals surface area contributed by atoms with Crippen LogP contribution in [-0.4, -0.2) is 213 Å². The summed E-state index contributed by atoms with van der Waals surface area (Å²) in [6.07, 6.45) is 12.4. The third-order valence-corrected chi connectivity index (χ3v) is 19.1. The van der Waals surface area contributed by atoms with Crippen molar-refractivity contribution >= 4 is 29.4 Å². The van der Waals surface area contributed by atoms with Gasteiger partial charge in [-0.3, -0.25) is 24.1 Å². The number of hydrogen-bond donors (Lipinski definition) is 3. The van der Waals surface area contributed by atoms with E-state index in [1.807, 2.05) is 58.1 Å². The lowest BCUT2D eigenvalue weighted by Gasteiger charge is -2.43. The first-order valence-electron chi connectivity index (χ1n) is 31.5. The lowest BCUT2D eigenvalue weighted by molar-refractivity contribution is -0.265. The number of aliphatic hydroxyl groups is 3. The van der Waals surface area contributed by atoms with Crippen LogP contribution in [0, 0.1) is 35.5 Å². The maximum atomic E-state index is 14.7. The molecule has 18 atom stereocenters. The molecule has 4 bridgehead atoms. The van der Waals surface area contributed by atoms with E-state index >= 15 is 0 Å². The molecule has 6 aliphatic rings. The molecule has 4 saturated heterocycles. The zero-order chi connectivity index (χ0) is 61.3. The minimum Gasteiger partial charge on any atom is -0.460 e. The maximum Gasteiger partial charge on any atom is 0.329 e. The van der Waals surface area contributed by atoms with Crippen LogP contribution in [0.15, 0.2) is 47.6 Å².